The topological polar surface area (TPSA) is 47.0 Å². The van der Waals surface area contributed by atoms with Gasteiger partial charge in [-0.1, -0.05) is 19.9 Å². The Kier molecular flexibility index (Phi) is 3.77. The molecule has 0 radical (unpaired) electrons. The molecular weight excluding hydrogens is 226 g/mol. The van der Waals surface area contributed by atoms with Gasteiger partial charge in [-0.2, -0.15) is 0 Å². The van der Waals surface area contributed by atoms with Gasteiger partial charge in [0.25, 0.3) is 0 Å². The van der Waals surface area contributed by atoms with Crippen molar-refractivity contribution < 1.29 is 4.74 Å². The van der Waals surface area contributed by atoms with Crippen LogP contribution in [-0.4, -0.2) is 17.1 Å². The molecular formula is C14H17N3O. The van der Waals surface area contributed by atoms with Crippen molar-refractivity contribution in [3.05, 3.63) is 42.2 Å². The van der Waals surface area contributed by atoms with Crippen molar-refractivity contribution >= 4 is 11.5 Å². The number of rotatable bonds is 4. The van der Waals surface area contributed by atoms with Crippen LogP contribution in [0.5, 0.6) is 5.88 Å². The molecule has 0 saturated carbocycles. The van der Waals surface area contributed by atoms with Crippen LogP contribution in [-0.2, 0) is 0 Å². The first-order valence-electron chi connectivity index (χ1n) is 5.92. The minimum atomic E-state index is 0.424. The van der Waals surface area contributed by atoms with Gasteiger partial charge in [-0.05, 0) is 23.6 Å². The summed E-state index contributed by atoms with van der Waals surface area (Å²) >= 11 is 0. The maximum Gasteiger partial charge on any atom is 0.213 e. The fourth-order valence-corrected chi connectivity index (χ4v) is 1.70. The first-order valence-corrected chi connectivity index (χ1v) is 5.92. The zero-order valence-electron chi connectivity index (χ0n) is 10.8. The van der Waals surface area contributed by atoms with Gasteiger partial charge >= 0.3 is 0 Å². The smallest absolute Gasteiger partial charge is 0.213 e. The van der Waals surface area contributed by atoms with Crippen LogP contribution in [0.2, 0.25) is 0 Å². The van der Waals surface area contributed by atoms with E-state index in [0.29, 0.717) is 11.8 Å². The Morgan fingerprint density at radius 1 is 1.17 bits per heavy atom. The summed E-state index contributed by atoms with van der Waals surface area (Å²) in [5.41, 5.74) is 2.09. The Morgan fingerprint density at radius 3 is 2.61 bits per heavy atom. The van der Waals surface area contributed by atoms with E-state index < -0.39 is 0 Å². The largest absolute Gasteiger partial charge is 0.481 e. The number of aromatic nitrogens is 2. The van der Waals surface area contributed by atoms with Crippen LogP contribution >= 0.6 is 0 Å². The summed E-state index contributed by atoms with van der Waals surface area (Å²) in [4.78, 5) is 8.52. The Labute approximate surface area is 107 Å². The van der Waals surface area contributed by atoms with E-state index >= 15 is 0 Å². The molecule has 2 aromatic heterocycles. The normalized spacial score (nSPS) is 10.4. The monoisotopic (exact) mass is 243 g/mol. The van der Waals surface area contributed by atoms with Crippen LogP contribution < -0.4 is 10.1 Å². The Hall–Kier alpha value is -2.10. The van der Waals surface area contributed by atoms with Crippen molar-refractivity contribution in [1.82, 2.24) is 9.97 Å². The van der Waals surface area contributed by atoms with E-state index in [-0.39, 0.29) is 0 Å². The zero-order chi connectivity index (χ0) is 13.0. The minimum absolute atomic E-state index is 0.424. The summed E-state index contributed by atoms with van der Waals surface area (Å²) in [5, 5.41) is 3.28. The highest BCUT2D eigenvalue weighted by Gasteiger charge is 2.07. The third-order valence-electron chi connectivity index (χ3n) is 2.67. The van der Waals surface area contributed by atoms with Crippen LogP contribution in [0.3, 0.4) is 0 Å². The molecule has 0 bridgehead atoms. The summed E-state index contributed by atoms with van der Waals surface area (Å²) in [6.45, 7) is 4.29. The maximum atomic E-state index is 5.03. The van der Waals surface area contributed by atoms with E-state index in [1.165, 1.54) is 5.56 Å². The first-order chi connectivity index (χ1) is 8.70. The van der Waals surface area contributed by atoms with Gasteiger partial charge in [0.1, 0.15) is 5.82 Å². The van der Waals surface area contributed by atoms with Crippen LogP contribution in [0.1, 0.15) is 25.3 Å². The van der Waals surface area contributed by atoms with Gasteiger partial charge in [-0.25, -0.2) is 9.97 Å². The average Bonchev–Trinajstić information content (AvgIpc) is 2.40. The Bertz CT molecular complexity index is 509. The molecule has 18 heavy (non-hydrogen) atoms. The van der Waals surface area contributed by atoms with E-state index in [9.17, 15) is 0 Å². The Balaban J connectivity index is 2.22. The number of ether oxygens (including phenoxy) is 1. The second-order valence-corrected chi connectivity index (χ2v) is 4.31. The van der Waals surface area contributed by atoms with E-state index in [4.69, 9.17) is 4.74 Å². The van der Waals surface area contributed by atoms with Crippen molar-refractivity contribution in [3.63, 3.8) is 0 Å². The number of nitrogens with one attached hydrogen (secondary N) is 1. The SMILES string of the molecule is COc1ccc(Nc2ncccc2C(C)C)cn1. The van der Waals surface area contributed by atoms with Crippen LogP contribution in [0.15, 0.2) is 36.7 Å². The van der Waals surface area contributed by atoms with Gasteiger partial charge in [0, 0.05) is 12.3 Å². The molecule has 2 heterocycles. The van der Waals surface area contributed by atoms with E-state index in [2.05, 4.69) is 35.2 Å². The molecule has 0 aliphatic heterocycles. The zero-order valence-corrected chi connectivity index (χ0v) is 10.8. The molecule has 0 atom stereocenters. The van der Waals surface area contributed by atoms with Gasteiger partial charge in [0.2, 0.25) is 5.88 Å². The molecule has 0 saturated heterocycles. The Morgan fingerprint density at radius 2 is 2.00 bits per heavy atom. The van der Waals surface area contributed by atoms with Crippen LogP contribution in [0.4, 0.5) is 11.5 Å². The lowest BCUT2D eigenvalue weighted by Gasteiger charge is -2.13. The summed E-state index contributed by atoms with van der Waals surface area (Å²) in [5.74, 6) is 1.90. The third kappa shape index (κ3) is 2.77. The number of anilines is 2. The number of pyridine rings is 2. The van der Waals surface area contributed by atoms with E-state index in [1.807, 2.05) is 18.2 Å². The molecule has 2 aromatic rings. The highest BCUT2D eigenvalue weighted by molar-refractivity contribution is 5.59. The number of nitrogens with zero attached hydrogens (tertiary/aromatic N) is 2. The predicted octanol–water partition coefficient (Wildman–Crippen LogP) is 3.35. The number of hydrogen-bond acceptors (Lipinski definition) is 4. The first kappa shape index (κ1) is 12.4. The fourth-order valence-electron chi connectivity index (χ4n) is 1.70. The molecule has 1 N–H and O–H groups in total. The highest BCUT2D eigenvalue weighted by atomic mass is 16.5. The molecule has 0 aliphatic carbocycles. The molecule has 0 fully saturated rings. The number of methoxy groups -OCH3 is 1. The van der Waals surface area contributed by atoms with Crippen molar-refractivity contribution in [2.24, 2.45) is 0 Å². The van der Waals surface area contributed by atoms with Gasteiger partial charge in [0.15, 0.2) is 0 Å². The fraction of sp³-hybridized carbons (Fsp3) is 0.286. The second kappa shape index (κ2) is 5.49. The molecule has 0 aliphatic rings. The minimum Gasteiger partial charge on any atom is -0.481 e. The molecule has 2 rings (SSSR count). The summed E-state index contributed by atoms with van der Waals surface area (Å²) in [7, 11) is 1.60. The standard InChI is InChI=1S/C14H17N3O/c1-10(2)12-5-4-8-15-14(12)17-11-6-7-13(18-3)16-9-11/h4-10H,1-3H3,(H,15,17). The predicted molar refractivity (Wildman–Crippen MR) is 72.4 cm³/mol. The summed E-state index contributed by atoms with van der Waals surface area (Å²) in [6, 6.07) is 7.77. The molecule has 0 spiro atoms. The lowest BCUT2D eigenvalue weighted by atomic mass is 10.0. The highest BCUT2D eigenvalue weighted by Crippen LogP contribution is 2.24. The number of hydrogen-bond donors (Lipinski definition) is 1. The van der Waals surface area contributed by atoms with Gasteiger partial charge in [-0.15, -0.1) is 0 Å². The quantitative estimate of drug-likeness (QED) is 0.894. The van der Waals surface area contributed by atoms with Crippen molar-refractivity contribution in [2.75, 3.05) is 12.4 Å². The van der Waals surface area contributed by atoms with Gasteiger partial charge < -0.3 is 10.1 Å². The second-order valence-electron chi connectivity index (χ2n) is 4.31. The lowest BCUT2D eigenvalue weighted by Crippen LogP contribution is -2.00. The summed E-state index contributed by atoms with van der Waals surface area (Å²) in [6.07, 6.45) is 3.52. The van der Waals surface area contributed by atoms with Gasteiger partial charge in [0.05, 0.1) is 19.0 Å². The van der Waals surface area contributed by atoms with E-state index in [1.54, 1.807) is 19.5 Å². The lowest BCUT2D eigenvalue weighted by molar-refractivity contribution is 0.398. The molecule has 0 unspecified atom stereocenters. The average molecular weight is 243 g/mol. The van der Waals surface area contributed by atoms with Crippen molar-refractivity contribution in [2.45, 2.75) is 19.8 Å². The summed E-state index contributed by atoms with van der Waals surface area (Å²) < 4.78 is 5.03. The molecule has 4 nitrogen and oxygen atoms in total. The van der Waals surface area contributed by atoms with Gasteiger partial charge in [-0.3, -0.25) is 0 Å². The van der Waals surface area contributed by atoms with Crippen LogP contribution in [0, 0.1) is 0 Å². The third-order valence-corrected chi connectivity index (χ3v) is 2.67. The molecule has 94 valence electrons. The molecule has 4 heteroatoms. The van der Waals surface area contributed by atoms with Crippen LogP contribution in [0.25, 0.3) is 0 Å². The van der Waals surface area contributed by atoms with Crippen molar-refractivity contribution in [3.8, 4) is 5.88 Å². The molecule has 0 amide bonds. The maximum absolute atomic E-state index is 5.03. The van der Waals surface area contributed by atoms with Crippen molar-refractivity contribution in [1.29, 1.82) is 0 Å². The molecule has 0 aromatic carbocycles. The van der Waals surface area contributed by atoms with E-state index in [0.717, 1.165) is 11.5 Å².